The van der Waals surface area contributed by atoms with Crippen LogP contribution in [0.3, 0.4) is 0 Å². The Kier molecular flexibility index (Phi) is 7.02. The summed E-state index contributed by atoms with van der Waals surface area (Å²) in [4.78, 5) is 26.2. The van der Waals surface area contributed by atoms with Crippen molar-refractivity contribution >= 4 is 11.9 Å². The predicted molar refractivity (Wildman–Crippen MR) is 106 cm³/mol. The first kappa shape index (κ1) is 24.9. The van der Waals surface area contributed by atoms with E-state index in [1.54, 1.807) is 13.0 Å². The van der Waals surface area contributed by atoms with E-state index in [-0.39, 0.29) is 17.3 Å². The Bertz CT molecular complexity index is 1120. The maximum absolute atomic E-state index is 13.2. The Morgan fingerprint density at radius 2 is 1.71 bits per heavy atom. The van der Waals surface area contributed by atoms with Gasteiger partial charge in [0.15, 0.2) is 5.69 Å². The van der Waals surface area contributed by atoms with Gasteiger partial charge in [-0.1, -0.05) is 0 Å². The van der Waals surface area contributed by atoms with Gasteiger partial charge in [-0.3, -0.25) is 4.79 Å². The smallest absolute Gasteiger partial charge is 0.352 e. The first-order chi connectivity index (χ1) is 15.8. The van der Waals surface area contributed by atoms with Crippen LogP contribution in [0.25, 0.3) is 5.69 Å². The van der Waals surface area contributed by atoms with Gasteiger partial charge < -0.3 is 10.2 Å². The molecule has 0 aliphatic carbocycles. The number of alkyl halides is 6. The molecule has 1 unspecified atom stereocenters. The molecule has 0 radical (unpaired) electrons. The summed E-state index contributed by atoms with van der Waals surface area (Å²) in [6, 6.07) is 1.64. The minimum Gasteiger partial charge on any atom is -0.352 e. The highest BCUT2D eigenvalue weighted by molar-refractivity contribution is 5.95. The normalized spacial score (nSPS) is 12.9. The van der Waals surface area contributed by atoms with E-state index in [0.717, 1.165) is 9.70 Å². The fourth-order valence-electron chi connectivity index (χ4n) is 2.93. The number of hydrogen-bond acceptors (Lipinski definition) is 7. The van der Waals surface area contributed by atoms with E-state index < -0.39 is 42.8 Å². The molecular weight excluding hydrogens is 470 g/mol. The lowest BCUT2D eigenvalue weighted by Gasteiger charge is -2.29. The SMILES string of the molecule is Cc1ccc(-n2nccn2)c(C(=O)N(C)C(CNc2ncc(C(F)(F)F)cn2)CC(F)(F)F)n1. The lowest BCUT2D eigenvalue weighted by molar-refractivity contribution is -0.143. The van der Waals surface area contributed by atoms with Gasteiger partial charge in [0.1, 0.15) is 5.69 Å². The maximum Gasteiger partial charge on any atom is 0.419 e. The number of aromatic nitrogens is 6. The molecule has 15 heteroatoms. The van der Waals surface area contributed by atoms with Gasteiger partial charge in [0.2, 0.25) is 5.95 Å². The third kappa shape index (κ3) is 6.17. The molecule has 0 saturated carbocycles. The molecule has 0 spiro atoms. The van der Waals surface area contributed by atoms with Gasteiger partial charge >= 0.3 is 12.4 Å². The number of carbonyl (C=O) groups excluding carboxylic acids is 1. The second-order valence-electron chi connectivity index (χ2n) is 7.20. The molecule has 3 aromatic heterocycles. The van der Waals surface area contributed by atoms with Crippen LogP contribution in [0.5, 0.6) is 0 Å². The second kappa shape index (κ2) is 9.61. The zero-order valence-electron chi connectivity index (χ0n) is 17.8. The average molecular weight is 488 g/mol. The standard InChI is InChI=1S/C19H18F6N8O/c1-11-3-4-14(33-29-5-6-30-33)15(31-11)16(34)32(2)13(7-18(20,21)22)10-28-17-26-8-12(9-27-17)19(23,24)25/h3-6,8-9,13H,7,10H2,1-2H3,(H,26,27,28). The monoisotopic (exact) mass is 488 g/mol. The van der Waals surface area contributed by atoms with Crippen LogP contribution in [0.4, 0.5) is 32.3 Å². The fraction of sp³-hybridized carbons (Fsp3) is 0.368. The van der Waals surface area contributed by atoms with Crippen LogP contribution in [0, 0.1) is 6.92 Å². The van der Waals surface area contributed by atoms with Crippen molar-refractivity contribution in [3.05, 3.63) is 53.9 Å². The largest absolute Gasteiger partial charge is 0.419 e. The van der Waals surface area contributed by atoms with Crippen molar-refractivity contribution in [3.63, 3.8) is 0 Å². The van der Waals surface area contributed by atoms with Crippen LogP contribution in [-0.4, -0.2) is 66.6 Å². The van der Waals surface area contributed by atoms with Crippen molar-refractivity contribution in [2.75, 3.05) is 18.9 Å². The fourth-order valence-corrected chi connectivity index (χ4v) is 2.93. The summed E-state index contributed by atoms with van der Waals surface area (Å²) in [7, 11) is 1.17. The summed E-state index contributed by atoms with van der Waals surface area (Å²) >= 11 is 0. The number of rotatable bonds is 7. The highest BCUT2D eigenvalue weighted by Crippen LogP contribution is 2.28. The number of nitrogens with one attached hydrogen (secondary N) is 1. The number of nitrogens with zero attached hydrogens (tertiary/aromatic N) is 7. The number of carbonyl (C=O) groups is 1. The van der Waals surface area contributed by atoms with E-state index in [1.807, 2.05) is 0 Å². The average Bonchev–Trinajstić information content (AvgIpc) is 3.29. The Labute approximate surface area is 188 Å². The number of halogens is 6. The Hall–Kier alpha value is -3.78. The quantitative estimate of drug-likeness (QED) is 0.510. The van der Waals surface area contributed by atoms with Gasteiger partial charge in [-0.2, -0.15) is 36.5 Å². The topological polar surface area (TPSA) is 102 Å². The van der Waals surface area contributed by atoms with Crippen LogP contribution in [0.2, 0.25) is 0 Å². The molecule has 1 atom stereocenters. The van der Waals surface area contributed by atoms with Crippen LogP contribution in [-0.2, 0) is 6.18 Å². The molecule has 0 bridgehead atoms. The molecule has 0 aliphatic heterocycles. The molecule has 0 saturated heterocycles. The molecular formula is C19H18F6N8O. The van der Waals surface area contributed by atoms with Crippen LogP contribution in [0.15, 0.2) is 36.9 Å². The highest BCUT2D eigenvalue weighted by atomic mass is 19.4. The first-order valence-corrected chi connectivity index (χ1v) is 9.66. The van der Waals surface area contributed by atoms with Crippen molar-refractivity contribution < 1.29 is 31.1 Å². The zero-order valence-corrected chi connectivity index (χ0v) is 17.8. The third-order valence-electron chi connectivity index (χ3n) is 4.66. The molecule has 34 heavy (non-hydrogen) atoms. The van der Waals surface area contributed by atoms with E-state index >= 15 is 0 Å². The van der Waals surface area contributed by atoms with Gasteiger partial charge in [-0.05, 0) is 19.1 Å². The molecule has 1 N–H and O–H groups in total. The molecule has 0 aromatic carbocycles. The highest BCUT2D eigenvalue weighted by Gasteiger charge is 2.36. The molecule has 182 valence electrons. The van der Waals surface area contributed by atoms with Gasteiger partial charge in [0.05, 0.1) is 30.4 Å². The summed E-state index contributed by atoms with van der Waals surface area (Å²) in [6.07, 6.45) is -6.98. The molecule has 0 aliphatic rings. The predicted octanol–water partition coefficient (Wildman–Crippen LogP) is 3.28. The molecule has 3 rings (SSSR count). The van der Waals surface area contributed by atoms with Crippen molar-refractivity contribution in [1.29, 1.82) is 0 Å². The van der Waals surface area contributed by atoms with Crippen molar-refractivity contribution in [2.45, 2.75) is 31.7 Å². The molecule has 1 amide bonds. The van der Waals surface area contributed by atoms with Gasteiger partial charge in [0.25, 0.3) is 5.91 Å². The lowest BCUT2D eigenvalue weighted by Crippen LogP contribution is -2.44. The summed E-state index contributed by atoms with van der Waals surface area (Å²) in [5, 5.41) is 10.3. The zero-order chi connectivity index (χ0) is 25.1. The number of amides is 1. The Morgan fingerprint density at radius 3 is 2.26 bits per heavy atom. The third-order valence-corrected chi connectivity index (χ3v) is 4.66. The van der Waals surface area contributed by atoms with E-state index in [1.165, 1.54) is 25.5 Å². The lowest BCUT2D eigenvalue weighted by atomic mass is 10.1. The number of pyridine rings is 1. The van der Waals surface area contributed by atoms with Crippen LogP contribution < -0.4 is 5.32 Å². The summed E-state index contributed by atoms with van der Waals surface area (Å²) in [5.41, 5.74) is -0.673. The van der Waals surface area contributed by atoms with Crippen molar-refractivity contribution in [1.82, 2.24) is 34.8 Å². The summed E-state index contributed by atoms with van der Waals surface area (Å²) in [5.74, 6) is -1.16. The number of aryl methyl sites for hydroxylation is 1. The number of hydrogen-bond donors (Lipinski definition) is 1. The van der Waals surface area contributed by atoms with Crippen molar-refractivity contribution in [2.24, 2.45) is 0 Å². The van der Waals surface area contributed by atoms with E-state index in [2.05, 4.69) is 30.5 Å². The minimum atomic E-state index is -4.66. The Morgan fingerprint density at radius 1 is 1.09 bits per heavy atom. The molecule has 3 aromatic rings. The molecule has 9 nitrogen and oxygen atoms in total. The number of likely N-dealkylation sites (N-methyl/N-ethyl adjacent to an activating group) is 1. The molecule has 3 heterocycles. The van der Waals surface area contributed by atoms with E-state index in [4.69, 9.17) is 0 Å². The van der Waals surface area contributed by atoms with Gasteiger partial charge in [-0.15, -0.1) is 4.80 Å². The Balaban J connectivity index is 1.84. The number of anilines is 1. The van der Waals surface area contributed by atoms with Crippen LogP contribution in [0.1, 0.15) is 28.2 Å². The first-order valence-electron chi connectivity index (χ1n) is 9.66. The van der Waals surface area contributed by atoms with Gasteiger partial charge in [-0.25, -0.2) is 15.0 Å². The van der Waals surface area contributed by atoms with E-state index in [0.29, 0.717) is 18.1 Å². The second-order valence-corrected chi connectivity index (χ2v) is 7.20. The minimum absolute atomic E-state index is 0.164. The van der Waals surface area contributed by atoms with Gasteiger partial charge in [0, 0.05) is 31.7 Å². The summed E-state index contributed by atoms with van der Waals surface area (Å²) in [6.45, 7) is 1.11. The molecule has 0 fully saturated rings. The van der Waals surface area contributed by atoms with Crippen LogP contribution >= 0.6 is 0 Å². The summed E-state index contributed by atoms with van der Waals surface area (Å²) < 4.78 is 77.7. The maximum atomic E-state index is 13.2. The van der Waals surface area contributed by atoms with Crippen molar-refractivity contribution in [3.8, 4) is 5.69 Å². The van der Waals surface area contributed by atoms with E-state index in [9.17, 15) is 31.1 Å².